The van der Waals surface area contributed by atoms with Crippen LogP contribution in [0.3, 0.4) is 0 Å². The lowest BCUT2D eigenvalue weighted by Crippen LogP contribution is -2.33. The van der Waals surface area contributed by atoms with E-state index in [0.29, 0.717) is 24.8 Å². The quantitative estimate of drug-likeness (QED) is 0.772. The summed E-state index contributed by atoms with van der Waals surface area (Å²) in [5.74, 6) is -1.21. The van der Waals surface area contributed by atoms with Crippen molar-refractivity contribution in [2.24, 2.45) is 5.92 Å². The normalized spacial score (nSPS) is 14.6. The second-order valence-corrected chi connectivity index (χ2v) is 7.14. The predicted octanol–water partition coefficient (Wildman–Crippen LogP) is 2.55. The highest BCUT2D eigenvalue weighted by molar-refractivity contribution is 7.89. The van der Waals surface area contributed by atoms with Gasteiger partial charge in [0.25, 0.3) is 0 Å². The molecular weight excluding hydrogens is 290 g/mol. The molecule has 0 radical (unpaired) electrons. The van der Waals surface area contributed by atoms with Gasteiger partial charge in [-0.05, 0) is 38.3 Å². The second kappa shape index (κ2) is 7.56. The minimum absolute atomic E-state index is 0.226. The van der Waals surface area contributed by atoms with Crippen LogP contribution in [0.25, 0.3) is 0 Å². The maximum atomic E-state index is 12.3. The molecule has 0 aliphatic rings. The Morgan fingerprint density at radius 1 is 1.24 bits per heavy atom. The van der Waals surface area contributed by atoms with Crippen LogP contribution >= 0.6 is 0 Å². The topological polar surface area (TPSA) is 83.5 Å². The molecular formula is C15H23NO4S. The first kappa shape index (κ1) is 17.7. The van der Waals surface area contributed by atoms with Gasteiger partial charge in [-0.2, -0.15) is 0 Å². The first-order valence-corrected chi connectivity index (χ1v) is 8.53. The minimum Gasteiger partial charge on any atom is -0.481 e. The molecule has 0 aromatic heterocycles. The van der Waals surface area contributed by atoms with Crippen molar-refractivity contribution >= 4 is 16.0 Å². The van der Waals surface area contributed by atoms with Crippen LogP contribution in [0.4, 0.5) is 0 Å². The zero-order valence-corrected chi connectivity index (χ0v) is 13.5. The molecule has 0 heterocycles. The second-order valence-electron chi connectivity index (χ2n) is 5.46. The molecule has 6 heteroatoms. The Morgan fingerprint density at radius 2 is 1.86 bits per heavy atom. The van der Waals surface area contributed by atoms with E-state index in [9.17, 15) is 13.2 Å². The van der Waals surface area contributed by atoms with Crippen molar-refractivity contribution in [1.29, 1.82) is 0 Å². The lowest BCUT2D eigenvalue weighted by Gasteiger charge is -2.16. The summed E-state index contributed by atoms with van der Waals surface area (Å²) in [6.45, 7) is 5.21. The number of carboxylic acids is 1. The van der Waals surface area contributed by atoms with Crippen molar-refractivity contribution in [3.05, 3.63) is 29.8 Å². The highest BCUT2D eigenvalue weighted by Gasteiger charge is 2.19. The molecule has 0 fully saturated rings. The fourth-order valence-electron chi connectivity index (χ4n) is 2.10. The Morgan fingerprint density at radius 3 is 2.43 bits per heavy atom. The van der Waals surface area contributed by atoms with Gasteiger partial charge in [-0.25, -0.2) is 13.1 Å². The number of hydrogen-bond donors (Lipinski definition) is 2. The third kappa shape index (κ3) is 5.47. The lowest BCUT2D eigenvalue weighted by atomic mass is 10.0. The smallest absolute Gasteiger partial charge is 0.306 e. The molecule has 0 saturated carbocycles. The Hall–Kier alpha value is -1.40. The molecule has 0 spiro atoms. The van der Waals surface area contributed by atoms with E-state index >= 15 is 0 Å². The maximum absolute atomic E-state index is 12.3. The van der Waals surface area contributed by atoms with E-state index < -0.39 is 21.9 Å². The van der Waals surface area contributed by atoms with Gasteiger partial charge in [0.15, 0.2) is 0 Å². The van der Waals surface area contributed by atoms with Gasteiger partial charge in [-0.1, -0.05) is 31.5 Å². The molecule has 1 rings (SSSR count). The van der Waals surface area contributed by atoms with Crippen molar-refractivity contribution in [1.82, 2.24) is 4.72 Å². The van der Waals surface area contributed by atoms with Crippen LogP contribution in [0.2, 0.25) is 0 Å². The van der Waals surface area contributed by atoms with Crippen LogP contribution in [0.15, 0.2) is 29.2 Å². The third-order valence-electron chi connectivity index (χ3n) is 3.44. The number of hydrogen-bond acceptors (Lipinski definition) is 3. The van der Waals surface area contributed by atoms with E-state index in [-0.39, 0.29) is 10.9 Å². The Bertz CT molecular complexity index is 583. The van der Waals surface area contributed by atoms with Gasteiger partial charge in [0, 0.05) is 6.04 Å². The summed E-state index contributed by atoms with van der Waals surface area (Å²) >= 11 is 0. The third-order valence-corrected chi connectivity index (χ3v) is 5.19. The number of carbonyl (C=O) groups is 1. The summed E-state index contributed by atoms with van der Waals surface area (Å²) in [5.41, 5.74) is 0.705. The average molecular weight is 313 g/mol. The highest BCUT2D eigenvalue weighted by atomic mass is 32.2. The summed E-state index contributed by atoms with van der Waals surface area (Å²) in [7, 11) is -3.52. The van der Waals surface area contributed by atoms with Crippen LogP contribution in [0, 0.1) is 12.8 Å². The minimum atomic E-state index is -3.52. The van der Waals surface area contributed by atoms with Crippen molar-refractivity contribution in [2.45, 2.75) is 51.0 Å². The average Bonchev–Trinajstić information content (AvgIpc) is 2.38. The van der Waals surface area contributed by atoms with Gasteiger partial charge in [-0.15, -0.1) is 0 Å². The molecule has 5 nitrogen and oxygen atoms in total. The molecule has 0 bridgehead atoms. The van der Waals surface area contributed by atoms with Gasteiger partial charge in [0.2, 0.25) is 10.0 Å². The van der Waals surface area contributed by atoms with Crippen LogP contribution < -0.4 is 4.72 Å². The highest BCUT2D eigenvalue weighted by Crippen LogP contribution is 2.16. The number of rotatable bonds is 8. The number of nitrogens with one attached hydrogen (secondary N) is 1. The number of aryl methyl sites for hydroxylation is 1. The van der Waals surface area contributed by atoms with E-state index in [1.165, 1.54) is 0 Å². The first-order chi connectivity index (χ1) is 9.74. The molecule has 1 aromatic carbocycles. The molecule has 118 valence electrons. The first-order valence-electron chi connectivity index (χ1n) is 7.05. The van der Waals surface area contributed by atoms with Gasteiger partial charge >= 0.3 is 5.97 Å². The largest absolute Gasteiger partial charge is 0.481 e. The fourth-order valence-corrected chi connectivity index (χ4v) is 3.62. The molecule has 0 aliphatic carbocycles. The van der Waals surface area contributed by atoms with Gasteiger partial charge in [-0.3, -0.25) is 4.79 Å². The zero-order chi connectivity index (χ0) is 16.0. The van der Waals surface area contributed by atoms with E-state index in [0.717, 1.165) is 0 Å². The summed E-state index contributed by atoms with van der Waals surface area (Å²) in [6.07, 6.45) is 1.83. The van der Waals surface area contributed by atoms with Gasteiger partial charge in [0.05, 0.1) is 10.8 Å². The lowest BCUT2D eigenvalue weighted by molar-refractivity contribution is -0.141. The summed E-state index contributed by atoms with van der Waals surface area (Å²) < 4.78 is 27.2. The molecule has 2 unspecified atom stereocenters. The number of carboxylic acid groups (broad SMARTS) is 1. The predicted molar refractivity (Wildman–Crippen MR) is 81.6 cm³/mol. The van der Waals surface area contributed by atoms with Crippen molar-refractivity contribution in [3.63, 3.8) is 0 Å². The SMILES string of the molecule is Cc1ccccc1S(=O)(=O)NC(C)CCCC(C)C(=O)O. The maximum Gasteiger partial charge on any atom is 0.306 e. The number of benzene rings is 1. The Labute approximate surface area is 126 Å². The van der Waals surface area contributed by atoms with Crippen molar-refractivity contribution in [3.8, 4) is 0 Å². The molecule has 21 heavy (non-hydrogen) atoms. The van der Waals surface area contributed by atoms with Crippen LogP contribution in [0.5, 0.6) is 0 Å². The molecule has 1 aromatic rings. The van der Waals surface area contributed by atoms with E-state index in [4.69, 9.17) is 5.11 Å². The molecule has 0 amide bonds. The van der Waals surface area contributed by atoms with Crippen LogP contribution in [0.1, 0.15) is 38.7 Å². The monoisotopic (exact) mass is 313 g/mol. The molecule has 0 aliphatic heterocycles. The van der Waals surface area contributed by atoms with Gasteiger partial charge in [0.1, 0.15) is 0 Å². The van der Waals surface area contributed by atoms with Crippen molar-refractivity contribution in [2.75, 3.05) is 0 Å². The van der Waals surface area contributed by atoms with E-state index in [1.54, 1.807) is 45.0 Å². The Kier molecular flexibility index (Phi) is 6.36. The van der Waals surface area contributed by atoms with Crippen LogP contribution in [-0.4, -0.2) is 25.5 Å². The summed E-state index contributed by atoms with van der Waals surface area (Å²) in [5, 5.41) is 8.80. The molecule has 0 saturated heterocycles. The standard InChI is InChI=1S/C15H23NO4S/c1-11-7-4-5-10-14(11)21(19,20)16-13(3)9-6-8-12(2)15(17)18/h4-5,7,10,12-13,16H,6,8-9H2,1-3H3,(H,17,18). The van der Waals surface area contributed by atoms with Crippen LogP contribution in [-0.2, 0) is 14.8 Å². The molecule has 2 atom stereocenters. The Balaban J connectivity index is 2.56. The number of aliphatic carboxylic acids is 1. The zero-order valence-electron chi connectivity index (χ0n) is 12.7. The summed E-state index contributed by atoms with van der Waals surface area (Å²) in [4.78, 5) is 11.0. The van der Waals surface area contributed by atoms with Gasteiger partial charge < -0.3 is 5.11 Å². The molecule has 2 N–H and O–H groups in total. The van der Waals surface area contributed by atoms with E-state index in [2.05, 4.69) is 4.72 Å². The van der Waals surface area contributed by atoms with E-state index in [1.807, 2.05) is 0 Å². The number of sulfonamides is 1. The van der Waals surface area contributed by atoms with Crippen molar-refractivity contribution < 1.29 is 18.3 Å². The fraction of sp³-hybridized carbons (Fsp3) is 0.533. The summed E-state index contributed by atoms with van der Waals surface area (Å²) in [6, 6.07) is 6.60.